The molecule has 0 fully saturated rings. The first-order valence-electron chi connectivity index (χ1n) is 5.95. The summed E-state index contributed by atoms with van der Waals surface area (Å²) in [5.41, 5.74) is 1.70. The molecule has 0 saturated carbocycles. The van der Waals surface area contributed by atoms with Crippen LogP contribution in [0.2, 0.25) is 0 Å². The fourth-order valence-electron chi connectivity index (χ4n) is 2.00. The van der Waals surface area contributed by atoms with E-state index in [1.807, 2.05) is 24.3 Å². The Kier molecular flexibility index (Phi) is 3.47. The van der Waals surface area contributed by atoms with Crippen LogP contribution in [0.5, 0.6) is 0 Å². The molecule has 2 aromatic rings. The second kappa shape index (κ2) is 5.04. The van der Waals surface area contributed by atoms with Crippen molar-refractivity contribution >= 4 is 16.7 Å². The normalized spacial score (nSPS) is 10.7. The molecule has 0 amide bonds. The zero-order valence-electron chi connectivity index (χ0n) is 10.3. The molecule has 0 unspecified atom stereocenters. The molecule has 0 bridgehead atoms. The van der Waals surface area contributed by atoms with E-state index in [-0.39, 0.29) is 5.78 Å². The van der Waals surface area contributed by atoms with Crippen molar-refractivity contribution in [1.29, 1.82) is 0 Å². The van der Waals surface area contributed by atoms with Crippen molar-refractivity contribution in [2.75, 3.05) is 7.11 Å². The summed E-state index contributed by atoms with van der Waals surface area (Å²) in [4.78, 5) is 17.3. The van der Waals surface area contributed by atoms with Gasteiger partial charge >= 0.3 is 0 Å². The van der Waals surface area contributed by atoms with E-state index in [4.69, 9.17) is 4.84 Å². The summed E-state index contributed by atoms with van der Waals surface area (Å²) in [7, 11) is 1.60. The second-order valence-corrected chi connectivity index (χ2v) is 4.10. The highest BCUT2D eigenvalue weighted by molar-refractivity contribution is 6.07. The average Bonchev–Trinajstić information content (AvgIpc) is 2.75. The summed E-state index contributed by atoms with van der Waals surface area (Å²) >= 11 is 0. The Morgan fingerprint density at radius 1 is 1.35 bits per heavy atom. The molecule has 0 aliphatic rings. The zero-order valence-corrected chi connectivity index (χ0v) is 10.3. The lowest BCUT2D eigenvalue weighted by Crippen LogP contribution is -2.03. The third kappa shape index (κ3) is 2.18. The van der Waals surface area contributed by atoms with Gasteiger partial charge in [-0.1, -0.05) is 31.5 Å². The maximum Gasteiger partial charge on any atom is 0.165 e. The molecule has 17 heavy (non-hydrogen) atoms. The van der Waals surface area contributed by atoms with Crippen LogP contribution in [0.3, 0.4) is 0 Å². The zero-order chi connectivity index (χ0) is 12.3. The highest BCUT2D eigenvalue weighted by Gasteiger charge is 2.14. The Balaban J connectivity index is 2.43. The third-order valence-corrected chi connectivity index (χ3v) is 2.93. The van der Waals surface area contributed by atoms with Crippen LogP contribution >= 0.6 is 0 Å². The molecule has 0 aliphatic carbocycles. The van der Waals surface area contributed by atoms with Crippen LogP contribution in [-0.4, -0.2) is 17.6 Å². The Labute approximate surface area is 101 Å². The molecule has 1 aromatic heterocycles. The molecule has 3 nitrogen and oxygen atoms in total. The first-order chi connectivity index (χ1) is 8.27. The molecular formula is C14H17NO2. The van der Waals surface area contributed by atoms with Gasteiger partial charge in [0.2, 0.25) is 0 Å². The van der Waals surface area contributed by atoms with E-state index >= 15 is 0 Å². The summed E-state index contributed by atoms with van der Waals surface area (Å²) in [5.74, 6) is 0.193. The largest absolute Gasteiger partial charge is 0.417 e. The number of carbonyl (C=O) groups excluding carboxylic acids is 1. The quantitative estimate of drug-likeness (QED) is 0.740. The van der Waals surface area contributed by atoms with Gasteiger partial charge in [-0.3, -0.25) is 4.79 Å². The number of Topliss-reactive ketones (excluding diaryl/α,β-unsaturated/α-hetero) is 1. The molecule has 1 heterocycles. The number of fused-ring (bicyclic) bond motifs is 1. The van der Waals surface area contributed by atoms with Gasteiger partial charge in [0.05, 0.1) is 11.7 Å². The summed E-state index contributed by atoms with van der Waals surface area (Å²) in [6.45, 7) is 2.09. The molecule has 2 rings (SSSR count). The number of hydrogen-bond donors (Lipinski definition) is 0. The van der Waals surface area contributed by atoms with E-state index in [2.05, 4.69) is 6.92 Å². The Morgan fingerprint density at radius 2 is 2.12 bits per heavy atom. The number of ketones is 1. The van der Waals surface area contributed by atoms with E-state index in [0.29, 0.717) is 6.42 Å². The van der Waals surface area contributed by atoms with E-state index in [1.165, 1.54) is 0 Å². The molecule has 0 radical (unpaired) electrons. The fraction of sp³-hybridized carbons (Fsp3) is 0.357. The molecule has 0 atom stereocenters. The maximum atomic E-state index is 12.1. The number of benzene rings is 1. The number of unbranched alkanes of at least 4 members (excludes halogenated alkanes) is 1. The van der Waals surface area contributed by atoms with Crippen molar-refractivity contribution < 1.29 is 9.63 Å². The van der Waals surface area contributed by atoms with Crippen molar-refractivity contribution in [2.24, 2.45) is 0 Å². The number of rotatable bonds is 5. The lowest BCUT2D eigenvalue weighted by molar-refractivity contribution is 0.0979. The minimum atomic E-state index is 0.193. The summed E-state index contributed by atoms with van der Waals surface area (Å²) in [5, 5.41) is 0.968. The topological polar surface area (TPSA) is 31.2 Å². The lowest BCUT2D eigenvalue weighted by atomic mass is 10.1. The molecule has 3 heteroatoms. The second-order valence-electron chi connectivity index (χ2n) is 4.10. The van der Waals surface area contributed by atoms with Crippen molar-refractivity contribution in [3.8, 4) is 0 Å². The highest BCUT2D eigenvalue weighted by Crippen LogP contribution is 2.22. The van der Waals surface area contributed by atoms with E-state index in [1.54, 1.807) is 18.0 Å². The Bertz CT molecular complexity index is 528. The Morgan fingerprint density at radius 3 is 2.82 bits per heavy atom. The van der Waals surface area contributed by atoms with Crippen LogP contribution in [0, 0.1) is 0 Å². The monoisotopic (exact) mass is 231 g/mol. The number of hydrogen-bond acceptors (Lipinski definition) is 2. The van der Waals surface area contributed by atoms with Crippen molar-refractivity contribution in [3.05, 3.63) is 36.0 Å². The number of nitrogens with zero attached hydrogens (tertiary/aromatic N) is 1. The van der Waals surface area contributed by atoms with Gasteiger partial charge in [0.25, 0.3) is 0 Å². The van der Waals surface area contributed by atoms with Gasteiger partial charge in [-0.25, -0.2) is 0 Å². The van der Waals surface area contributed by atoms with Gasteiger partial charge in [-0.05, 0) is 12.5 Å². The number of para-hydroxylation sites is 1. The standard InChI is InChI=1S/C14H17NO2/c1-3-4-9-14(16)12-10-15(17-2)13-8-6-5-7-11(12)13/h5-8,10H,3-4,9H2,1-2H3. The Hall–Kier alpha value is -1.77. The number of carbonyl (C=O) groups is 1. The van der Waals surface area contributed by atoms with Crippen molar-refractivity contribution in [2.45, 2.75) is 26.2 Å². The molecular weight excluding hydrogens is 214 g/mol. The third-order valence-electron chi connectivity index (χ3n) is 2.93. The first-order valence-corrected chi connectivity index (χ1v) is 5.95. The maximum absolute atomic E-state index is 12.1. The van der Waals surface area contributed by atoms with Gasteiger partial charge in [-0.15, -0.1) is 0 Å². The summed E-state index contributed by atoms with van der Waals surface area (Å²) in [6.07, 6.45) is 4.36. The molecule has 0 spiro atoms. The van der Waals surface area contributed by atoms with Crippen LogP contribution in [0.15, 0.2) is 30.5 Å². The van der Waals surface area contributed by atoms with Crippen LogP contribution in [0.25, 0.3) is 10.9 Å². The van der Waals surface area contributed by atoms with Crippen LogP contribution < -0.4 is 4.84 Å². The summed E-state index contributed by atoms with van der Waals surface area (Å²) in [6, 6.07) is 7.80. The van der Waals surface area contributed by atoms with Gasteiger partial charge < -0.3 is 4.84 Å². The van der Waals surface area contributed by atoms with Gasteiger partial charge in [-0.2, -0.15) is 4.73 Å². The molecule has 1 aromatic carbocycles. The smallest absolute Gasteiger partial charge is 0.165 e. The van der Waals surface area contributed by atoms with Gasteiger partial charge in [0.1, 0.15) is 7.11 Å². The minimum absolute atomic E-state index is 0.193. The predicted octanol–water partition coefficient (Wildman–Crippen LogP) is 3.07. The van der Waals surface area contributed by atoms with Crippen LogP contribution in [0.4, 0.5) is 0 Å². The van der Waals surface area contributed by atoms with Gasteiger partial charge in [0.15, 0.2) is 5.78 Å². The predicted molar refractivity (Wildman–Crippen MR) is 68.3 cm³/mol. The average molecular weight is 231 g/mol. The lowest BCUT2D eigenvalue weighted by Gasteiger charge is -1.99. The fourth-order valence-corrected chi connectivity index (χ4v) is 2.00. The van der Waals surface area contributed by atoms with Crippen LogP contribution in [-0.2, 0) is 0 Å². The van der Waals surface area contributed by atoms with Gasteiger partial charge in [0, 0.05) is 17.4 Å². The SMILES string of the molecule is CCCCC(=O)c1cn(OC)c2ccccc12. The molecule has 0 saturated heterocycles. The molecule has 90 valence electrons. The summed E-state index contributed by atoms with van der Waals surface area (Å²) < 4.78 is 1.65. The van der Waals surface area contributed by atoms with Crippen molar-refractivity contribution in [1.82, 2.24) is 4.73 Å². The van der Waals surface area contributed by atoms with E-state index in [9.17, 15) is 4.79 Å². The molecule has 0 aliphatic heterocycles. The number of aromatic nitrogens is 1. The van der Waals surface area contributed by atoms with Crippen LogP contribution in [0.1, 0.15) is 36.5 Å². The molecule has 0 N–H and O–H groups in total. The van der Waals surface area contributed by atoms with Crippen molar-refractivity contribution in [3.63, 3.8) is 0 Å². The minimum Gasteiger partial charge on any atom is -0.417 e. The van der Waals surface area contributed by atoms with E-state index < -0.39 is 0 Å². The highest BCUT2D eigenvalue weighted by atomic mass is 16.6. The van der Waals surface area contributed by atoms with E-state index in [0.717, 1.165) is 29.3 Å². The first kappa shape index (κ1) is 11.7.